The van der Waals surface area contributed by atoms with Gasteiger partial charge < -0.3 is 15.2 Å². The molecule has 1 amide bonds. The van der Waals surface area contributed by atoms with E-state index in [-0.39, 0.29) is 25.3 Å². The van der Waals surface area contributed by atoms with Gasteiger partial charge in [-0.2, -0.15) is 0 Å². The molecule has 2 N–H and O–H groups in total. The molecule has 0 bridgehead atoms. The number of carboxylic acids is 1. The van der Waals surface area contributed by atoms with Crippen molar-refractivity contribution in [1.82, 2.24) is 5.32 Å². The Balaban J connectivity index is 2.58. The van der Waals surface area contributed by atoms with Crippen molar-refractivity contribution >= 4 is 23.5 Å². The maximum atomic E-state index is 11.6. The maximum Gasteiger partial charge on any atom is 0.305 e. The zero-order valence-electron chi connectivity index (χ0n) is 9.90. The highest BCUT2D eigenvalue weighted by Crippen LogP contribution is 2.22. The molecule has 0 heterocycles. The SMILES string of the molecule is COc1ccc(Cl)cc1CC(=O)NCCC(=O)O. The smallest absolute Gasteiger partial charge is 0.305 e. The van der Waals surface area contributed by atoms with E-state index in [0.29, 0.717) is 16.3 Å². The van der Waals surface area contributed by atoms with Crippen LogP contribution in [0, 0.1) is 0 Å². The Labute approximate surface area is 110 Å². The fourth-order valence-electron chi connectivity index (χ4n) is 1.43. The summed E-state index contributed by atoms with van der Waals surface area (Å²) in [4.78, 5) is 21.9. The number of carbonyl (C=O) groups is 2. The van der Waals surface area contributed by atoms with Gasteiger partial charge in [-0.05, 0) is 18.2 Å². The zero-order valence-corrected chi connectivity index (χ0v) is 10.7. The van der Waals surface area contributed by atoms with Crippen LogP contribution in [0.25, 0.3) is 0 Å². The molecule has 5 nitrogen and oxygen atoms in total. The predicted octanol–water partition coefficient (Wildman–Crippen LogP) is 1.48. The molecule has 0 fully saturated rings. The third-order valence-electron chi connectivity index (χ3n) is 2.25. The molecule has 1 aromatic carbocycles. The molecular formula is C12H14ClNO4. The third kappa shape index (κ3) is 4.63. The highest BCUT2D eigenvalue weighted by Gasteiger charge is 2.09. The molecule has 0 spiro atoms. The van der Waals surface area contributed by atoms with Crippen LogP contribution < -0.4 is 10.1 Å². The van der Waals surface area contributed by atoms with Crippen LogP contribution in [0.2, 0.25) is 5.02 Å². The van der Waals surface area contributed by atoms with E-state index in [2.05, 4.69) is 5.32 Å². The monoisotopic (exact) mass is 271 g/mol. The number of hydrogen-bond acceptors (Lipinski definition) is 3. The fraction of sp³-hybridized carbons (Fsp3) is 0.333. The summed E-state index contributed by atoms with van der Waals surface area (Å²) in [5, 5.41) is 11.5. The van der Waals surface area contributed by atoms with Crippen molar-refractivity contribution in [2.75, 3.05) is 13.7 Å². The van der Waals surface area contributed by atoms with Crippen molar-refractivity contribution in [1.29, 1.82) is 0 Å². The first-order valence-corrected chi connectivity index (χ1v) is 5.71. The van der Waals surface area contributed by atoms with Crippen LogP contribution >= 0.6 is 11.6 Å². The summed E-state index contributed by atoms with van der Waals surface area (Å²) >= 11 is 5.84. The number of carboxylic acid groups (broad SMARTS) is 1. The van der Waals surface area contributed by atoms with Crippen LogP contribution in [0.3, 0.4) is 0 Å². The Kier molecular flexibility index (Phi) is 5.45. The second-order valence-corrected chi connectivity index (χ2v) is 4.06. The molecule has 0 saturated carbocycles. The first-order valence-electron chi connectivity index (χ1n) is 5.34. The van der Waals surface area contributed by atoms with Crippen LogP contribution in [0.1, 0.15) is 12.0 Å². The van der Waals surface area contributed by atoms with Crippen molar-refractivity contribution in [3.05, 3.63) is 28.8 Å². The fourth-order valence-corrected chi connectivity index (χ4v) is 1.62. The average molecular weight is 272 g/mol. The van der Waals surface area contributed by atoms with Gasteiger partial charge in [0.1, 0.15) is 5.75 Å². The van der Waals surface area contributed by atoms with E-state index in [0.717, 1.165) is 0 Å². The first kappa shape index (κ1) is 14.3. The quantitative estimate of drug-likeness (QED) is 0.822. The average Bonchev–Trinajstić information content (AvgIpc) is 2.28. The number of benzene rings is 1. The van der Waals surface area contributed by atoms with E-state index in [1.54, 1.807) is 18.2 Å². The number of hydrogen-bond donors (Lipinski definition) is 2. The summed E-state index contributed by atoms with van der Waals surface area (Å²) in [6.07, 6.45) is 0.00176. The van der Waals surface area contributed by atoms with Gasteiger partial charge in [-0.3, -0.25) is 9.59 Å². The van der Waals surface area contributed by atoms with Gasteiger partial charge in [-0.25, -0.2) is 0 Å². The molecular weight excluding hydrogens is 258 g/mol. The standard InChI is InChI=1S/C12H14ClNO4/c1-18-10-3-2-9(13)6-8(10)7-11(15)14-5-4-12(16)17/h2-3,6H,4-5,7H2,1H3,(H,14,15)(H,16,17). The van der Waals surface area contributed by atoms with E-state index in [1.807, 2.05) is 0 Å². The van der Waals surface area contributed by atoms with E-state index in [1.165, 1.54) is 7.11 Å². The summed E-state index contributed by atoms with van der Waals surface area (Å²) in [7, 11) is 1.51. The third-order valence-corrected chi connectivity index (χ3v) is 2.49. The summed E-state index contributed by atoms with van der Waals surface area (Å²) in [6, 6.07) is 5.01. The van der Waals surface area contributed by atoms with Gasteiger partial charge in [0.05, 0.1) is 20.0 Å². The van der Waals surface area contributed by atoms with Crippen LogP contribution in [-0.2, 0) is 16.0 Å². The molecule has 98 valence electrons. The van der Waals surface area contributed by atoms with E-state index in [4.69, 9.17) is 21.4 Å². The van der Waals surface area contributed by atoms with Gasteiger partial charge in [0.15, 0.2) is 0 Å². The molecule has 0 aliphatic heterocycles. The molecule has 1 rings (SSSR count). The normalized spacial score (nSPS) is 9.89. The van der Waals surface area contributed by atoms with Crippen molar-refractivity contribution in [3.63, 3.8) is 0 Å². The number of amides is 1. The molecule has 18 heavy (non-hydrogen) atoms. The summed E-state index contributed by atoms with van der Waals surface area (Å²) in [5.41, 5.74) is 0.665. The van der Waals surface area contributed by atoms with Gasteiger partial charge in [-0.1, -0.05) is 11.6 Å². The summed E-state index contributed by atoms with van der Waals surface area (Å²) in [6.45, 7) is 0.108. The Bertz CT molecular complexity index is 448. The first-order chi connectivity index (χ1) is 8.52. The Morgan fingerprint density at radius 1 is 1.44 bits per heavy atom. The summed E-state index contributed by atoms with van der Waals surface area (Å²) < 4.78 is 5.11. The van der Waals surface area contributed by atoms with Gasteiger partial charge in [0.25, 0.3) is 0 Å². The molecule has 0 aromatic heterocycles. The second kappa shape index (κ2) is 6.86. The molecule has 0 aliphatic carbocycles. The van der Waals surface area contributed by atoms with Gasteiger partial charge >= 0.3 is 5.97 Å². The number of halogens is 1. The van der Waals surface area contributed by atoms with Gasteiger partial charge in [0.2, 0.25) is 5.91 Å². The van der Waals surface area contributed by atoms with Gasteiger partial charge in [0, 0.05) is 17.1 Å². The number of ether oxygens (including phenoxy) is 1. The Morgan fingerprint density at radius 3 is 2.78 bits per heavy atom. The topological polar surface area (TPSA) is 75.6 Å². The lowest BCUT2D eigenvalue weighted by Gasteiger charge is -2.09. The molecule has 1 aromatic rings. The van der Waals surface area contributed by atoms with Crippen LogP contribution in [0.15, 0.2) is 18.2 Å². The maximum absolute atomic E-state index is 11.6. The van der Waals surface area contributed by atoms with Crippen LogP contribution in [-0.4, -0.2) is 30.6 Å². The minimum absolute atomic E-state index is 0.0988. The molecule has 0 unspecified atom stereocenters. The van der Waals surface area contributed by atoms with Crippen molar-refractivity contribution in [2.24, 2.45) is 0 Å². The van der Waals surface area contributed by atoms with Crippen molar-refractivity contribution in [2.45, 2.75) is 12.8 Å². The molecule has 0 saturated heterocycles. The van der Waals surface area contributed by atoms with Crippen LogP contribution in [0.4, 0.5) is 0 Å². The van der Waals surface area contributed by atoms with Crippen molar-refractivity contribution in [3.8, 4) is 5.75 Å². The summed E-state index contributed by atoms with van der Waals surface area (Å²) in [5.74, 6) is -0.639. The van der Waals surface area contributed by atoms with E-state index in [9.17, 15) is 9.59 Å². The zero-order chi connectivity index (χ0) is 13.5. The minimum Gasteiger partial charge on any atom is -0.496 e. The highest BCUT2D eigenvalue weighted by molar-refractivity contribution is 6.30. The van der Waals surface area contributed by atoms with Crippen LogP contribution in [0.5, 0.6) is 5.75 Å². The minimum atomic E-state index is -0.948. The molecule has 0 radical (unpaired) electrons. The second-order valence-electron chi connectivity index (χ2n) is 3.63. The molecule has 6 heteroatoms. The van der Waals surface area contributed by atoms with E-state index < -0.39 is 5.97 Å². The molecule has 0 aliphatic rings. The largest absolute Gasteiger partial charge is 0.496 e. The lowest BCUT2D eigenvalue weighted by molar-refractivity contribution is -0.136. The number of methoxy groups -OCH3 is 1. The number of rotatable bonds is 6. The Morgan fingerprint density at radius 2 is 2.17 bits per heavy atom. The highest BCUT2D eigenvalue weighted by atomic mass is 35.5. The predicted molar refractivity (Wildman–Crippen MR) is 67.0 cm³/mol. The van der Waals surface area contributed by atoms with Crippen molar-refractivity contribution < 1.29 is 19.4 Å². The molecule has 0 atom stereocenters. The Hall–Kier alpha value is -1.75. The van der Waals surface area contributed by atoms with Gasteiger partial charge in [-0.15, -0.1) is 0 Å². The van der Waals surface area contributed by atoms with E-state index >= 15 is 0 Å². The lowest BCUT2D eigenvalue weighted by atomic mass is 10.1. The lowest BCUT2D eigenvalue weighted by Crippen LogP contribution is -2.27. The number of aliphatic carboxylic acids is 1. The number of nitrogens with one attached hydrogen (secondary N) is 1. The number of carbonyl (C=O) groups excluding carboxylic acids is 1.